The molecule has 1 rings (SSSR count). The molecule has 0 saturated heterocycles. The fourth-order valence-electron chi connectivity index (χ4n) is 1.99. The van der Waals surface area contributed by atoms with E-state index in [4.69, 9.17) is 11.6 Å². The highest BCUT2D eigenvalue weighted by molar-refractivity contribution is 6.29. The number of unbranched alkanes of at least 4 members (excludes halogenated alkanes) is 7. The molecule has 0 radical (unpaired) electrons. The van der Waals surface area contributed by atoms with Crippen LogP contribution in [0.3, 0.4) is 0 Å². The van der Waals surface area contributed by atoms with E-state index in [9.17, 15) is 4.79 Å². The molecule has 0 amide bonds. The second-order valence-electron chi connectivity index (χ2n) is 4.72. The molecule has 0 spiro atoms. The molecule has 1 heterocycles. The highest BCUT2D eigenvalue weighted by Gasteiger charge is 1.98. The molecule has 0 aliphatic rings. The van der Waals surface area contributed by atoms with Gasteiger partial charge in [0.25, 0.3) is 5.56 Å². The maximum atomic E-state index is 11.5. The number of hydrogen-bond acceptors (Lipinski definition) is 2. The minimum atomic E-state index is -0.0575. The molecule has 0 N–H and O–H groups in total. The van der Waals surface area contributed by atoms with Gasteiger partial charge in [0.15, 0.2) is 0 Å². The van der Waals surface area contributed by atoms with Gasteiger partial charge in [-0.25, -0.2) is 4.98 Å². The second kappa shape index (κ2) is 9.15. The number of halogens is 1. The predicted octanol–water partition coefficient (Wildman–Crippen LogP) is 4.04. The third-order valence-electron chi connectivity index (χ3n) is 3.10. The smallest absolute Gasteiger partial charge is 0.254 e. The standard InChI is InChI=1S/C14H23ClN2O/c1-2-3-4-5-6-7-8-9-10-17-12-16-13(15)11-14(17)18/h11-12H,2-10H2,1H3. The Balaban J connectivity index is 2.09. The van der Waals surface area contributed by atoms with Gasteiger partial charge in [-0.05, 0) is 6.42 Å². The van der Waals surface area contributed by atoms with Crippen LogP contribution in [0.4, 0.5) is 0 Å². The van der Waals surface area contributed by atoms with Crippen molar-refractivity contribution in [1.29, 1.82) is 0 Å². The van der Waals surface area contributed by atoms with Gasteiger partial charge in [-0.3, -0.25) is 9.36 Å². The maximum absolute atomic E-state index is 11.5. The summed E-state index contributed by atoms with van der Waals surface area (Å²) in [7, 11) is 0. The molecule has 1 aromatic rings. The van der Waals surface area contributed by atoms with Crippen molar-refractivity contribution in [3.05, 3.63) is 27.9 Å². The van der Waals surface area contributed by atoms with E-state index in [1.807, 2.05) is 0 Å². The Hall–Kier alpha value is -0.830. The minimum Gasteiger partial charge on any atom is -0.299 e. The monoisotopic (exact) mass is 270 g/mol. The van der Waals surface area contributed by atoms with E-state index in [0.29, 0.717) is 0 Å². The van der Waals surface area contributed by atoms with Gasteiger partial charge in [0, 0.05) is 12.6 Å². The summed E-state index contributed by atoms with van der Waals surface area (Å²) in [5.41, 5.74) is -0.0575. The van der Waals surface area contributed by atoms with Crippen LogP contribution in [-0.4, -0.2) is 9.55 Å². The molecule has 1 aromatic heterocycles. The van der Waals surface area contributed by atoms with E-state index in [1.165, 1.54) is 57.3 Å². The number of nitrogens with zero attached hydrogens (tertiary/aromatic N) is 2. The van der Waals surface area contributed by atoms with Crippen LogP contribution in [0.15, 0.2) is 17.2 Å². The van der Waals surface area contributed by atoms with Crippen LogP contribution in [0.25, 0.3) is 0 Å². The molecule has 0 aliphatic carbocycles. The van der Waals surface area contributed by atoms with E-state index < -0.39 is 0 Å². The van der Waals surface area contributed by atoms with Crippen LogP contribution in [0.1, 0.15) is 58.3 Å². The summed E-state index contributed by atoms with van der Waals surface area (Å²) in [4.78, 5) is 15.4. The van der Waals surface area contributed by atoms with Crippen molar-refractivity contribution in [2.24, 2.45) is 0 Å². The van der Waals surface area contributed by atoms with Gasteiger partial charge < -0.3 is 0 Å². The van der Waals surface area contributed by atoms with Crippen LogP contribution in [0, 0.1) is 0 Å². The summed E-state index contributed by atoms with van der Waals surface area (Å²) in [6, 6.07) is 1.37. The van der Waals surface area contributed by atoms with Crippen molar-refractivity contribution >= 4 is 11.6 Å². The summed E-state index contributed by atoms with van der Waals surface area (Å²) in [5.74, 6) is 0. The Morgan fingerprint density at radius 2 is 1.72 bits per heavy atom. The van der Waals surface area contributed by atoms with Crippen molar-refractivity contribution in [3.63, 3.8) is 0 Å². The maximum Gasteiger partial charge on any atom is 0.254 e. The molecule has 18 heavy (non-hydrogen) atoms. The topological polar surface area (TPSA) is 34.9 Å². The fraction of sp³-hybridized carbons (Fsp3) is 0.714. The van der Waals surface area contributed by atoms with Crippen molar-refractivity contribution in [1.82, 2.24) is 9.55 Å². The largest absolute Gasteiger partial charge is 0.299 e. The Kier molecular flexibility index (Phi) is 7.74. The zero-order valence-corrected chi connectivity index (χ0v) is 12.0. The summed E-state index contributed by atoms with van der Waals surface area (Å²) in [6.07, 6.45) is 11.7. The third-order valence-corrected chi connectivity index (χ3v) is 3.31. The first kappa shape index (κ1) is 15.2. The second-order valence-corrected chi connectivity index (χ2v) is 5.11. The van der Waals surface area contributed by atoms with Crippen LogP contribution < -0.4 is 5.56 Å². The van der Waals surface area contributed by atoms with E-state index in [1.54, 1.807) is 4.57 Å². The Labute approximate surface area is 114 Å². The number of hydrogen-bond donors (Lipinski definition) is 0. The van der Waals surface area contributed by atoms with E-state index >= 15 is 0 Å². The van der Waals surface area contributed by atoms with Gasteiger partial charge in [-0.1, -0.05) is 63.5 Å². The van der Waals surface area contributed by atoms with Crippen LogP contribution in [-0.2, 0) is 6.54 Å². The molecule has 0 aliphatic heterocycles. The van der Waals surface area contributed by atoms with Gasteiger partial charge in [-0.15, -0.1) is 0 Å². The van der Waals surface area contributed by atoms with E-state index in [2.05, 4.69) is 11.9 Å². The quantitative estimate of drug-likeness (QED) is 0.501. The molecule has 4 heteroatoms. The van der Waals surface area contributed by atoms with Gasteiger partial charge in [0.2, 0.25) is 0 Å². The SMILES string of the molecule is CCCCCCCCCCn1cnc(Cl)cc1=O. The summed E-state index contributed by atoms with van der Waals surface area (Å²) in [5, 5.41) is 0.271. The first-order chi connectivity index (χ1) is 8.74. The lowest BCUT2D eigenvalue weighted by Gasteiger charge is -2.04. The van der Waals surface area contributed by atoms with Crippen molar-refractivity contribution in [2.75, 3.05) is 0 Å². The average molecular weight is 271 g/mol. The van der Waals surface area contributed by atoms with E-state index in [0.717, 1.165) is 13.0 Å². The van der Waals surface area contributed by atoms with Crippen molar-refractivity contribution in [2.45, 2.75) is 64.8 Å². The fourth-order valence-corrected chi connectivity index (χ4v) is 2.12. The molecular formula is C14H23ClN2O. The minimum absolute atomic E-state index is 0.0575. The molecular weight excluding hydrogens is 248 g/mol. The molecule has 0 unspecified atom stereocenters. The molecule has 3 nitrogen and oxygen atoms in total. The van der Waals surface area contributed by atoms with Crippen LogP contribution in [0.2, 0.25) is 5.15 Å². The van der Waals surface area contributed by atoms with Crippen molar-refractivity contribution < 1.29 is 0 Å². The predicted molar refractivity (Wildman–Crippen MR) is 76.1 cm³/mol. The highest BCUT2D eigenvalue weighted by Crippen LogP contribution is 2.08. The Morgan fingerprint density at radius 3 is 2.33 bits per heavy atom. The summed E-state index contributed by atoms with van der Waals surface area (Å²) in [6.45, 7) is 2.98. The third kappa shape index (κ3) is 6.20. The molecule has 0 bridgehead atoms. The Bertz CT molecular complexity index is 390. The van der Waals surface area contributed by atoms with E-state index in [-0.39, 0.29) is 10.7 Å². The summed E-state index contributed by atoms with van der Waals surface area (Å²) < 4.78 is 1.63. The van der Waals surface area contributed by atoms with Crippen molar-refractivity contribution in [3.8, 4) is 0 Å². The first-order valence-electron chi connectivity index (χ1n) is 6.96. The lowest BCUT2D eigenvalue weighted by atomic mass is 10.1. The lowest BCUT2D eigenvalue weighted by Crippen LogP contribution is -2.19. The van der Waals surface area contributed by atoms with Gasteiger partial charge in [0.05, 0.1) is 6.33 Å². The van der Waals surface area contributed by atoms with Crippen LogP contribution in [0.5, 0.6) is 0 Å². The van der Waals surface area contributed by atoms with Crippen LogP contribution >= 0.6 is 11.6 Å². The van der Waals surface area contributed by atoms with Gasteiger partial charge in [-0.2, -0.15) is 0 Å². The lowest BCUT2D eigenvalue weighted by molar-refractivity contribution is 0.534. The molecule has 0 saturated carbocycles. The van der Waals surface area contributed by atoms with Gasteiger partial charge in [0.1, 0.15) is 5.15 Å². The first-order valence-corrected chi connectivity index (χ1v) is 7.34. The molecule has 0 fully saturated rings. The zero-order chi connectivity index (χ0) is 13.2. The normalized spacial score (nSPS) is 10.8. The molecule has 0 aromatic carbocycles. The average Bonchev–Trinajstić information content (AvgIpc) is 2.35. The number of aromatic nitrogens is 2. The molecule has 0 atom stereocenters. The van der Waals surface area contributed by atoms with Gasteiger partial charge >= 0.3 is 0 Å². The zero-order valence-electron chi connectivity index (χ0n) is 11.2. The number of rotatable bonds is 9. The highest BCUT2D eigenvalue weighted by atomic mass is 35.5. The summed E-state index contributed by atoms with van der Waals surface area (Å²) >= 11 is 5.64. The molecule has 102 valence electrons. The Morgan fingerprint density at radius 1 is 1.11 bits per heavy atom. The number of aryl methyl sites for hydroxylation is 1.